The zero-order chi connectivity index (χ0) is 13.7. The first-order valence-corrected chi connectivity index (χ1v) is 6.77. The zero-order valence-electron chi connectivity index (χ0n) is 10.7. The molecule has 0 fully saturated rings. The lowest BCUT2D eigenvalue weighted by molar-refractivity contribution is 0.301. The zero-order valence-corrected chi connectivity index (χ0v) is 12.3. The molecule has 2 N–H and O–H groups in total. The van der Waals surface area contributed by atoms with E-state index >= 15 is 0 Å². The fourth-order valence-electron chi connectivity index (χ4n) is 1.76. The molecule has 0 spiro atoms. The van der Waals surface area contributed by atoms with E-state index in [2.05, 4.69) is 15.9 Å². The summed E-state index contributed by atoms with van der Waals surface area (Å²) in [7, 11) is 1.65. The van der Waals surface area contributed by atoms with Crippen molar-refractivity contribution in [2.45, 2.75) is 13.2 Å². The second kappa shape index (κ2) is 6.59. The van der Waals surface area contributed by atoms with Gasteiger partial charge in [-0.3, -0.25) is 0 Å². The van der Waals surface area contributed by atoms with E-state index in [4.69, 9.17) is 15.2 Å². The lowest BCUT2D eigenvalue weighted by Crippen LogP contribution is -2.03. The van der Waals surface area contributed by atoms with Gasteiger partial charge in [0.05, 0.1) is 7.11 Å². The van der Waals surface area contributed by atoms with Crippen LogP contribution in [0.5, 0.6) is 11.5 Å². The van der Waals surface area contributed by atoms with Crippen LogP contribution in [0.2, 0.25) is 0 Å². The Labute approximate surface area is 121 Å². The van der Waals surface area contributed by atoms with Crippen LogP contribution in [0.4, 0.5) is 0 Å². The minimum atomic E-state index is 0.467. The Balaban J connectivity index is 2.14. The third-order valence-corrected chi connectivity index (χ3v) is 3.60. The van der Waals surface area contributed by atoms with Gasteiger partial charge in [-0.2, -0.15) is 0 Å². The lowest BCUT2D eigenvalue weighted by atomic mass is 10.2. The fourth-order valence-corrected chi connectivity index (χ4v) is 2.12. The van der Waals surface area contributed by atoms with Gasteiger partial charge in [0.1, 0.15) is 18.1 Å². The third kappa shape index (κ3) is 3.49. The summed E-state index contributed by atoms with van der Waals surface area (Å²) >= 11 is 3.51. The lowest BCUT2D eigenvalue weighted by Gasteiger charge is -2.12. The monoisotopic (exact) mass is 321 g/mol. The summed E-state index contributed by atoms with van der Waals surface area (Å²) in [5, 5.41) is 0. The molecule has 0 aliphatic carbocycles. The molecule has 0 bridgehead atoms. The number of nitrogens with two attached hydrogens (primary N) is 1. The SMILES string of the molecule is COc1ccc(Br)c(COc2ccccc2CN)c1. The number of ether oxygens (including phenoxy) is 2. The summed E-state index contributed by atoms with van der Waals surface area (Å²) in [6.07, 6.45) is 0. The predicted molar refractivity (Wildman–Crippen MR) is 79.4 cm³/mol. The van der Waals surface area contributed by atoms with Gasteiger partial charge in [0.25, 0.3) is 0 Å². The van der Waals surface area contributed by atoms with E-state index in [0.29, 0.717) is 13.2 Å². The summed E-state index contributed by atoms with van der Waals surface area (Å²) in [5.41, 5.74) is 7.72. The van der Waals surface area contributed by atoms with Crippen molar-refractivity contribution in [2.75, 3.05) is 7.11 Å². The van der Waals surface area contributed by atoms with Crippen LogP contribution >= 0.6 is 15.9 Å². The van der Waals surface area contributed by atoms with Crippen molar-refractivity contribution in [1.29, 1.82) is 0 Å². The van der Waals surface area contributed by atoms with Gasteiger partial charge < -0.3 is 15.2 Å². The van der Waals surface area contributed by atoms with Crippen molar-refractivity contribution in [1.82, 2.24) is 0 Å². The predicted octanol–water partition coefficient (Wildman–Crippen LogP) is 3.50. The highest BCUT2D eigenvalue weighted by Gasteiger charge is 2.05. The van der Waals surface area contributed by atoms with Crippen LogP contribution in [0.1, 0.15) is 11.1 Å². The molecule has 0 atom stereocenters. The first-order chi connectivity index (χ1) is 9.24. The van der Waals surface area contributed by atoms with E-state index in [1.54, 1.807) is 7.11 Å². The van der Waals surface area contributed by atoms with Crippen LogP contribution < -0.4 is 15.2 Å². The molecular formula is C15H16BrNO2. The van der Waals surface area contributed by atoms with Gasteiger partial charge in [0, 0.05) is 22.1 Å². The van der Waals surface area contributed by atoms with Gasteiger partial charge >= 0.3 is 0 Å². The van der Waals surface area contributed by atoms with E-state index < -0.39 is 0 Å². The maximum Gasteiger partial charge on any atom is 0.124 e. The Morgan fingerprint density at radius 1 is 1.11 bits per heavy atom. The van der Waals surface area contributed by atoms with Gasteiger partial charge in [-0.1, -0.05) is 34.1 Å². The quantitative estimate of drug-likeness (QED) is 0.916. The molecule has 3 nitrogen and oxygen atoms in total. The highest BCUT2D eigenvalue weighted by atomic mass is 79.9. The molecule has 4 heteroatoms. The van der Waals surface area contributed by atoms with Crippen LogP contribution in [0.3, 0.4) is 0 Å². The number of halogens is 1. The first kappa shape index (κ1) is 13.9. The Morgan fingerprint density at radius 2 is 1.89 bits per heavy atom. The summed E-state index contributed by atoms with van der Waals surface area (Å²) in [6.45, 7) is 0.935. The maximum atomic E-state index is 5.83. The van der Waals surface area contributed by atoms with Crippen LogP contribution in [0.15, 0.2) is 46.9 Å². The van der Waals surface area contributed by atoms with Crippen LogP contribution in [0.25, 0.3) is 0 Å². The van der Waals surface area contributed by atoms with E-state index in [9.17, 15) is 0 Å². The number of hydrogen-bond donors (Lipinski definition) is 1. The molecule has 0 aliphatic rings. The number of para-hydroxylation sites is 1. The summed E-state index contributed by atoms with van der Waals surface area (Å²) in [5.74, 6) is 1.63. The Hall–Kier alpha value is -1.52. The van der Waals surface area contributed by atoms with Gasteiger partial charge in [-0.05, 0) is 24.3 Å². The van der Waals surface area contributed by atoms with Gasteiger partial charge in [-0.25, -0.2) is 0 Å². The normalized spacial score (nSPS) is 10.3. The van der Waals surface area contributed by atoms with Gasteiger partial charge in [0.15, 0.2) is 0 Å². The van der Waals surface area contributed by atoms with Crippen molar-refractivity contribution in [2.24, 2.45) is 5.73 Å². The highest BCUT2D eigenvalue weighted by Crippen LogP contribution is 2.25. The molecule has 0 heterocycles. The molecule has 0 amide bonds. The van der Waals surface area contributed by atoms with Crippen molar-refractivity contribution in [3.05, 3.63) is 58.1 Å². The summed E-state index contributed by atoms with van der Waals surface area (Å²) < 4.78 is 12.0. The summed E-state index contributed by atoms with van der Waals surface area (Å²) in [4.78, 5) is 0. The number of methoxy groups -OCH3 is 1. The molecule has 0 aromatic heterocycles. The van der Waals surface area contributed by atoms with Crippen molar-refractivity contribution in [3.8, 4) is 11.5 Å². The Bertz CT molecular complexity index is 558. The molecule has 2 aromatic carbocycles. The van der Waals surface area contributed by atoms with E-state index in [1.165, 1.54) is 0 Å². The minimum absolute atomic E-state index is 0.467. The van der Waals surface area contributed by atoms with E-state index in [-0.39, 0.29) is 0 Å². The summed E-state index contributed by atoms with van der Waals surface area (Å²) in [6, 6.07) is 13.6. The average molecular weight is 322 g/mol. The second-order valence-corrected chi connectivity index (χ2v) is 4.91. The molecule has 2 rings (SSSR count). The van der Waals surface area contributed by atoms with E-state index in [1.807, 2.05) is 42.5 Å². The van der Waals surface area contributed by atoms with Crippen molar-refractivity contribution in [3.63, 3.8) is 0 Å². The molecule has 0 saturated heterocycles. The number of benzene rings is 2. The second-order valence-electron chi connectivity index (χ2n) is 4.06. The first-order valence-electron chi connectivity index (χ1n) is 5.97. The molecule has 0 radical (unpaired) electrons. The van der Waals surface area contributed by atoms with Crippen molar-refractivity contribution >= 4 is 15.9 Å². The largest absolute Gasteiger partial charge is 0.497 e. The minimum Gasteiger partial charge on any atom is -0.497 e. The Kier molecular flexibility index (Phi) is 4.82. The topological polar surface area (TPSA) is 44.5 Å². The smallest absolute Gasteiger partial charge is 0.124 e. The van der Waals surface area contributed by atoms with Crippen LogP contribution in [0, 0.1) is 0 Å². The molecular weight excluding hydrogens is 306 g/mol. The maximum absolute atomic E-state index is 5.83. The van der Waals surface area contributed by atoms with Gasteiger partial charge in [0.2, 0.25) is 0 Å². The molecule has 100 valence electrons. The van der Waals surface area contributed by atoms with Crippen LogP contribution in [-0.2, 0) is 13.2 Å². The highest BCUT2D eigenvalue weighted by molar-refractivity contribution is 9.10. The van der Waals surface area contributed by atoms with Gasteiger partial charge in [-0.15, -0.1) is 0 Å². The number of rotatable bonds is 5. The fraction of sp³-hybridized carbons (Fsp3) is 0.200. The van der Waals surface area contributed by atoms with E-state index in [0.717, 1.165) is 27.1 Å². The molecule has 0 saturated carbocycles. The molecule has 19 heavy (non-hydrogen) atoms. The molecule has 0 aliphatic heterocycles. The molecule has 2 aromatic rings. The Morgan fingerprint density at radius 3 is 2.63 bits per heavy atom. The average Bonchev–Trinajstić information content (AvgIpc) is 2.46. The third-order valence-electron chi connectivity index (χ3n) is 2.83. The molecule has 0 unspecified atom stereocenters. The number of hydrogen-bond acceptors (Lipinski definition) is 3. The van der Waals surface area contributed by atoms with Crippen LogP contribution in [-0.4, -0.2) is 7.11 Å². The standard InChI is InChI=1S/C15H16BrNO2/c1-18-13-6-7-14(16)12(8-13)10-19-15-5-3-2-4-11(15)9-17/h2-8H,9-10,17H2,1H3. The van der Waals surface area contributed by atoms with Crippen molar-refractivity contribution < 1.29 is 9.47 Å².